The zero-order valence-electron chi connectivity index (χ0n) is 14.8. The van der Waals surface area contributed by atoms with E-state index in [2.05, 4.69) is 15.3 Å². The summed E-state index contributed by atoms with van der Waals surface area (Å²) >= 11 is 0. The molecule has 1 fully saturated rings. The average molecular weight is 358 g/mol. The second kappa shape index (κ2) is 8.37. The van der Waals surface area contributed by atoms with Crippen molar-refractivity contribution in [1.29, 1.82) is 0 Å². The van der Waals surface area contributed by atoms with Gasteiger partial charge in [-0.2, -0.15) is 0 Å². The van der Waals surface area contributed by atoms with Gasteiger partial charge >= 0.3 is 6.03 Å². The van der Waals surface area contributed by atoms with Crippen LogP contribution in [0.4, 0.5) is 10.5 Å². The molecule has 3 rings (SSSR count). The highest BCUT2D eigenvalue weighted by molar-refractivity contribution is 5.89. The quantitative estimate of drug-likeness (QED) is 0.884. The minimum Gasteiger partial charge on any atom is -0.497 e. The van der Waals surface area contributed by atoms with Crippen LogP contribution < -0.4 is 19.5 Å². The van der Waals surface area contributed by atoms with Crippen molar-refractivity contribution in [3.05, 3.63) is 36.8 Å². The fraction of sp³-hybridized carbons (Fsp3) is 0.389. The number of benzene rings is 1. The molecule has 2 amide bonds. The predicted octanol–water partition coefficient (Wildman–Crippen LogP) is 2.57. The summed E-state index contributed by atoms with van der Waals surface area (Å²) in [5, 5.41) is 2.89. The van der Waals surface area contributed by atoms with Crippen LogP contribution in [-0.2, 0) is 0 Å². The van der Waals surface area contributed by atoms with Crippen LogP contribution in [0.2, 0.25) is 0 Å². The number of hydrogen-bond acceptors (Lipinski definition) is 6. The number of ether oxygens (including phenoxy) is 3. The van der Waals surface area contributed by atoms with Crippen LogP contribution in [0, 0.1) is 0 Å². The van der Waals surface area contributed by atoms with E-state index in [1.165, 1.54) is 6.33 Å². The summed E-state index contributed by atoms with van der Waals surface area (Å²) in [6.45, 7) is 1.23. The summed E-state index contributed by atoms with van der Waals surface area (Å²) in [5.41, 5.74) is 0.630. The number of methoxy groups -OCH3 is 2. The van der Waals surface area contributed by atoms with Gasteiger partial charge in [-0.1, -0.05) is 0 Å². The van der Waals surface area contributed by atoms with Crippen LogP contribution in [-0.4, -0.2) is 54.3 Å². The van der Waals surface area contributed by atoms with Crippen molar-refractivity contribution in [1.82, 2.24) is 14.9 Å². The molecule has 2 heterocycles. The molecule has 2 aromatic rings. The zero-order chi connectivity index (χ0) is 18.4. The molecule has 1 aromatic heterocycles. The van der Waals surface area contributed by atoms with Crippen LogP contribution >= 0.6 is 0 Å². The van der Waals surface area contributed by atoms with Gasteiger partial charge < -0.3 is 24.4 Å². The number of nitrogens with zero attached hydrogens (tertiary/aromatic N) is 3. The first kappa shape index (κ1) is 17.8. The molecule has 0 bridgehead atoms. The fourth-order valence-corrected chi connectivity index (χ4v) is 2.78. The van der Waals surface area contributed by atoms with Gasteiger partial charge in [0.15, 0.2) is 0 Å². The first-order valence-electron chi connectivity index (χ1n) is 8.39. The molecule has 138 valence electrons. The van der Waals surface area contributed by atoms with Crippen molar-refractivity contribution >= 4 is 11.7 Å². The number of urea groups is 1. The molecule has 0 atom stereocenters. The number of carbonyl (C=O) groups excluding carboxylic acids is 1. The standard InChI is InChI=1S/C18H22N4O4/c1-24-15-9-13(10-16(11-15)25-2)21-18(23)22-7-4-14(5-8-22)26-17-3-6-19-12-20-17/h3,6,9-12,14H,4-5,7-8H2,1-2H3,(H,21,23). The Kier molecular flexibility index (Phi) is 5.73. The lowest BCUT2D eigenvalue weighted by atomic mass is 10.1. The summed E-state index contributed by atoms with van der Waals surface area (Å²) in [7, 11) is 3.14. The number of aromatic nitrogens is 2. The van der Waals surface area contributed by atoms with E-state index in [0.717, 1.165) is 12.8 Å². The number of anilines is 1. The third kappa shape index (κ3) is 4.53. The van der Waals surface area contributed by atoms with Crippen molar-refractivity contribution in [2.75, 3.05) is 32.6 Å². The van der Waals surface area contributed by atoms with Gasteiger partial charge in [-0.05, 0) is 0 Å². The van der Waals surface area contributed by atoms with Gasteiger partial charge in [0.2, 0.25) is 5.88 Å². The summed E-state index contributed by atoms with van der Waals surface area (Å²) < 4.78 is 16.3. The van der Waals surface area contributed by atoms with E-state index in [4.69, 9.17) is 14.2 Å². The average Bonchev–Trinajstić information content (AvgIpc) is 2.69. The molecule has 1 aliphatic heterocycles. The van der Waals surface area contributed by atoms with Gasteiger partial charge in [0.05, 0.1) is 14.2 Å². The Morgan fingerprint density at radius 3 is 2.42 bits per heavy atom. The number of likely N-dealkylation sites (tertiary alicyclic amines) is 1. The Morgan fingerprint density at radius 2 is 1.85 bits per heavy atom. The van der Waals surface area contributed by atoms with Crippen molar-refractivity contribution in [3.63, 3.8) is 0 Å². The number of hydrogen-bond donors (Lipinski definition) is 1. The lowest BCUT2D eigenvalue weighted by Gasteiger charge is -2.31. The SMILES string of the molecule is COc1cc(NC(=O)N2CCC(Oc3ccncn3)CC2)cc(OC)c1. The third-order valence-electron chi connectivity index (χ3n) is 4.17. The Hall–Kier alpha value is -3.03. The maximum absolute atomic E-state index is 12.5. The van der Waals surface area contributed by atoms with E-state index >= 15 is 0 Å². The number of amides is 2. The number of carbonyl (C=O) groups is 1. The second-order valence-electron chi connectivity index (χ2n) is 5.88. The minimum atomic E-state index is -0.152. The van der Waals surface area contributed by atoms with Gasteiger partial charge in [0, 0.05) is 62.1 Å². The van der Waals surface area contributed by atoms with E-state index in [1.54, 1.807) is 49.6 Å². The van der Waals surface area contributed by atoms with Crippen LogP contribution in [0.3, 0.4) is 0 Å². The van der Waals surface area contributed by atoms with Gasteiger partial charge in [-0.3, -0.25) is 0 Å². The van der Waals surface area contributed by atoms with E-state index in [0.29, 0.717) is 36.2 Å². The molecule has 1 N–H and O–H groups in total. The molecular formula is C18H22N4O4. The van der Waals surface area contributed by atoms with E-state index in [1.807, 2.05) is 0 Å². The number of rotatable bonds is 5. The molecule has 0 unspecified atom stereocenters. The van der Waals surface area contributed by atoms with Crippen LogP contribution in [0.25, 0.3) is 0 Å². The topological polar surface area (TPSA) is 85.8 Å². The molecular weight excluding hydrogens is 336 g/mol. The summed E-state index contributed by atoms with van der Waals surface area (Å²) in [5.74, 6) is 1.81. The smallest absolute Gasteiger partial charge is 0.321 e. The first-order chi connectivity index (χ1) is 12.7. The first-order valence-corrected chi connectivity index (χ1v) is 8.39. The van der Waals surface area contributed by atoms with E-state index in [-0.39, 0.29) is 12.1 Å². The minimum absolute atomic E-state index is 0.0471. The largest absolute Gasteiger partial charge is 0.497 e. The highest BCUT2D eigenvalue weighted by Crippen LogP contribution is 2.26. The molecule has 0 spiro atoms. The molecule has 8 heteroatoms. The van der Waals surface area contributed by atoms with E-state index < -0.39 is 0 Å². The highest BCUT2D eigenvalue weighted by atomic mass is 16.5. The van der Waals surface area contributed by atoms with Gasteiger partial charge in [0.1, 0.15) is 23.9 Å². The fourth-order valence-electron chi connectivity index (χ4n) is 2.78. The summed E-state index contributed by atoms with van der Waals surface area (Å²) in [6.07, 6.45) is 4.65. The number of nitrogens with one attached hydrogen (secondary N) is 1. The van der Waals surface area contributed by atoms with Gasteiger partial charge in [0.25, 0.3) is 0 Å². The monoisotopic (exact) mass is 358 g/mol. The Bertz CT molecular complexity index is 711. The molecule has 1 saturated heterocycles. The maximum atomic E-state index is 12.5. The summed E-state index contributed by atoms with van der Waals surface area (Å²) in [4.78, 5) is 22.2. The lowest BCUT2D eigenvalue weighted by Crippen LogP contribution is -2.43. The van der Waals surface area contributed by atoms with Crippen molar-refractivity contribution < 1.29 is 19.0 Å². The molecule has 1 aromatic carbocycles. The molecule has 26 heavy (non-hydrogen) atoms. The van der Waals surface area contributed by atoms with Gasteiger partial charge in [-0.25, -0.2) is 14.8 Å². The van der Waals surface area contributed by atoms with Gasteiger partial charge in [-0.15, -0.1) is 0 Å². The second-order valence-corrected chi connectivity index (χ2v) is 5.88. The highest BCUT2D eigenvalue weighted by Gasteiger charge is 2.24. The number of piperidine rings is 1. The molecule has 1 aliphatic rings. The van der Waals surface area contributed by atoms with Crippen molar-refractivity contribution in [2.24, 2.45) is 0 Å². The maximum Gasteiger partial charge on any atom is 0.321 e. The van der Waals surface area contributed by atoms with Crippen LogP contribution in [0.15, 0.2) is 36.8 Å². The molecule has 0 aliphatic carbocycles. The third-order valence-corrected chi connectivity index (χ3v) is 4.17. The lowest BCUT2D eigenvalue weighted by molar-refractivity contribution is 0.111. The molecule has 8 nitrogen and oxygen atoms in total. The Labute approximate surface area is 152 Å². The van der Waals surface area contributed by atoms with Crippen LogP contribution in [0.5, 0.6) is 17.4 Å². The summed E-state index contributed by atoms with van der Waals surface area (Å²) in [6, 6.07) is 6.85. The Balaban J connectivity index is 1.54. The predicted molar refractivity (Wildman–Crippen MR) is 95.8 cm³/mol. The normalized spacial score (nSPS) is 14.6. The molecule has 0 radical (unpaired) electrons. The van der Waals surface area contributed by atoms with E-state index in [9.17, 15) is 4.79 Å². The Morgan fingerprint density at radius 1 is 1.15 bits per heavy atom. The molecule has 0 saturated carbocycles. The van der Waals surface area contributed by atoms with Crippen molar-refractivity contribution in [2.45, 2.75) is 18.9 Å². The zero-order valence-corrected chi connectivity index (χ0v) is 14.8. The van der Waals surface area contributed by atoms with Crippen LogP contribution in [0.1, 0.15) is 12.8 Å². The van der Waals surface area contributed by atoms with Crippen molar-refractivity contribution in [3.8, 4) is 17.4 Å².